The van der Waals surface area contributed by atoms with Crippen molar-refractivity contribution in [2.24, 2.45) is 0 Å². The van der Waals surface area contributed by atoms with Crippen LogP contribution in [-0.4, -0.2) is 10.1 Å². The van der Waals surface area contributed by atoms with Gasteiger partial charge in [0.25, 0.3) is 0 Å². The number of para-hydroxylation sites is 1. The predicted octanol–water partition coefficient (Wildman–Crippen LogP) is 3.40. The zero-order valence-electron chi connectivity index (χ0n) is 9.53. The maximum absolute atomic E-state index is 10.2. The minimum Gasteiger partial charge on any atom is -0.385 e. The van der Waals surface area contributed by atoms with Crippen LogP contribution in [0.25, 0.3) is 10.2 Å². The number of fused-ring (bicyclic) bond motifs is 1. The van der Waals surface area contributed by atoms with Gasteiger partial charge in [-0.25, -0.2) is 4.98 Å². The first kappa shape index (κ1) is 10.2. The minimum absolute atomic E-state index is 0.457. The van der Waals surface area contributed by atoms with Gasteiger partial charge in [-0.15, -0.1) is 11.3 Å². The molecule has 0 saturated heterocycles. The lowest BCUT2D eigenvalue weighted by Gasteiger charge is -2.07. The first-order valence-corrected chi connectivity index (χ1v) is 6.54. The molecule has 1 aliphatic rings. The van der Waals surface area contributed by atoms with E-state index in [0.29, 0.717) is 5.92 Å². The number of rotatable bonds is 2. The highest BCUT2D eigenvalue weighted by Gasteiger charge is 2.43. The van der Waals surface area contributed by atoms with Gasteiger partial charge in [-0.2, -0.15) is 0 Å². The summed E-state index contributed by atoms with van der Waals surface area (Å²) in [6.07, 6.45) is 1.75. The molecule has 1 aromatic carbocycles. The van der Waals surface area contributed by atoms with Gasteiger partial charge >= 0.3 is 0 Å². The number of hydrogen-bond donors (Lipinski definition) is 1. The van der Waals surface area contributed by atoms with Crippen molar-refractivity contribution in [3.05, 3.63) is 28.8 Å². The Morgan fingerprint density at radius 1 is 1.38 bits per heavy atom. The Kier molecular flexibility index (Phi) is 2.10. The van der Waals surface area contributed by atoms with Crippen LogP contribution in [0, 0.1) is 0 Å². The molecule has 3 rings (SSSR count). The fourth-order valence-electron chi connectivity index (χ4n) is 1.98. The van der Waals surface area contributed by atoms with E-state index in [2.05, 4.69) is 24.9 Å². The predicted molar refractivity (Wildman–Crippen MR) is 66.8 cm³/mol. The van der Waals surface area contributed by atoms with Gasteiger partial charge in [0.1, 0.15) is 0 Å². The van der Waals surface area contributed by atoms with Crippen LogP contribution in [-0.2, 0) is 5.60 Å². The maximum atomic E-state index is 10.2. The van der Waals surface area contributed by atoms with Crippen LogP contribution >= 0.6 is 11.3 Å². The van der Waals surface area contributed by atoms with Gasteiger partial charge in [0.05, 0.1) is 20.8 Å². The second-order valence-electron chi connectivity index (χ2n) is 4.89. The van der Waals surface area contributed by atoms with Crippen molar-refractivity contribution in [2.75, 3.05) is 0 Å². The average molecular weight is 233 g/mol. The van der Waals surface area contributed by atoms with Gasteiger partial charge in [0.2, 0.25) is 0 Å². The molecule has 1 aromatic heterocycles. The number of thiazole rings is 1. The second-order valence-corrected chi connectivity index (χ2v) is 5.95. The monoisotopic (exact) mass is 233 g/mol. The summed E-state index contributed by atoms with van der Waals surface area (Å²) in [5, 5.41) is 11.4. The molecule has 1 fully saturated rings. The molecular weight excluding hydrogens is 218 g/mol. The first-order valence-electron chi connectivity index (χ1n) is 5.72. The van der Waals surface area contributed by atoms with Gasteiger partial charge in [0, 0.05) is 11.5 Å². The van der Waals surface area contributed by atoms with E-state index in [4.69, 9.17) is 0 Å². The van der Waals surface area contributed by atoms with Crippen LogP contribution in [0.5, 0.6) is 0 Å². The Bertz CT molecular complexity index is 540. The van der Waals surface area contributed by atoms with E-state index in [1.807, 2.05) is 12.1 Å². The van der Waals surface area contributed by atoms with E-state index in [1.54, 1.807) is 11.3 Å². The number of aromatic nitrogens is 1. The van der Waals surface area contributed by atoms with E-state index in [9.17, 15) is 5.11 Å². The SMILES string of the molecule is CC(C)c1nc2c(C3(O)CC3)cccc2s1. The van der Waals surface area contributed by atoms with Crippen molar-refractivity contribution in [3.63, 3.8) is 0 Å². The molecular formula is C13H15NOS. The van der Waals surface area contributed by atoms with E-state index >= 15 is 0 Å². The van der Waals surface area contributed by atoms with Crippen LogP contribution in [0.15, 0.2) is 18.2 Å². The van der Waals surface area contributed by atoms with Gasteiger partial charge < -0.3 is 5.11 Å². The summed E-state index contributed by atoms with van der Waals surface area (Å²) in [6.45, 7) is 4.31. The summed E-state index contributed by atoms with van der Waals surface area (Å²) in [6, 6.07) is 6.13. The molecule has 0 bridgehead atoms. The Hall–Kier alpha value is -0.930. The first-order chi connectivity index (χ1) is 7.60. The summed E-state index contributed by atoms with van der Waals surface area (Å²) in [5.41, 5.74) is 1.45. The summed E-state index contributed by atoms with van der Waals surface area (Å²) in [4.78, 5) is 4.68. The molecule has 3 heteroatoms. The molecule has 0 aliphatic heterocycles. The fourth-order valence-corrected chi connectivity index (χ4v) is 2.97. The lowest BCUT2D eigenvalue weighted by atomic mass is 10.1. The third kappa shape index (κ3) is 1.46. The Labute approximate surface area is 99.0 Å². The maximum Gasteiger partial charge on any atom is 0.0964 e. The lowest BCUT2D eigenvalue weighted by Crippen LogP contribution is -2.04. The average Bonchev–Trinajstić information content (AvgIpc) is 2.84. The van der Waals surface area contributed by atoms with Gasteiger partial charge in [-0.05, 0) is 18.9 Å². The third-order valence-electron chi connectivity index (χ3n) is 3.15. The molecule has 0 spiro atoms. The van der Waals surface area contributed by atoms with Crippen LogP contribution in [0.1, 0.15) is 43.2 Å². The highest BCUT2D eigenvalue weighted by molar-refractivity contribution is 7.18. The quantitative estimate of drug-likeness (QED) is 0.862. The molecule has 0 radical (unpaired) electrons. The van der Waals surface area contributed by atoms with Crippen molar-refractivity contribution >= 4 is 21.6 Å². The zero-order valence-corrected chi connectivity index (χ0v) is 10.3. The topological polar surface area (TPSA) is 33.1 Å². The number of nitrogens with zero attached hydrogens (tertiary/aromatic N) is 1. The van der Waals surface area contributed by atoms with E-state index in [1.165, 1.54) is 4.70 Å². The summed E-state index contributed by atoms with van der Waals surface area (Å²) < 4.78 is 1.20. The number of benzene rings is 1. The van der Waals surface area contributed by atoms with Gasteiger partial charge in [-0.1, -0.05) is 26.0 Å². The summed E-state index contributed by atoms with van der Waals surface area (Å²) in [7, 11) is 0. The Morgan fingerprint density at radius 3 is 2.75 bits per heavy atom. The molecule has 0 atom stereocenters. The molecule has 2 nitrogen and oxygen atoms in total. The van der Waals surface area contributed by atoms with Crippen LogP contribution < -0.4 is 0 Å². The lowest BCUT2D eigenvalue weighted by molar-refractivity contribution is 0.153. The molecule has 16 heavy (non-hydrogen) atoms. The van der Waals surface area contributed by atoms with Crippen molar-refractivity contribution in [2.45, 2.75) is 38.2 Å². The standard InChI is InChI=1S/C13H15NOS/c1-8(2)12-14-11-9(13(15)6-7-13)4-3-5-10(11)16-12/h3-5,8,15H,6-7H2,1-2H3. The van der Waals surface area contributed by atoms with Crippen LogP contribution in [0.2, 0.25) is 0 Å². The molecule has 0 amide bonds. The summed E-state index contributed by atoms with van der Waals surface area (Å²) in [5.74, 6) is 0.457. The van der Waals surface area contributed by atoms with Gasteiger partial charge in [-0.3, -0.25) is 0 Å². The second kappa shape index (κ2) is 3.28. The molecule has 1 saturated carbocycles. The highest BCUT2D eigenvalue weighted by atomic mass is 32.1. The summed E-state index contributed by atoms with van der Waals surface area (Å²) >= 11 is 1.74. The molecule has 0 unspecified atom stereocenters. The van der Waals surface area contributed by atoms with Crippen LogP contribution in [0.3, 0.4) is 0 Å². The fraction of sp³-hybridized carbons (Fsp3) is 0.462. The number of hydrogen-bond acceptors (Lipinski definition) is 3. The smallest absolute Gasteiger partial charge is 0.0964 e. The van der Waals surface area contributed by atoms with Crippen molar-refractivity contribution in [1.82, 2.24) is 4.98 Å². The zero-order chi connectivity index (χ0) is 11.3. The normalized spacial score (nSPS) is 18.2. The number of aliphatic hydroxyl groups is 1. The van der Waals surface area contributed by atoms with Crippen molar-refractivity contribution in [3.8, 4) is 0 Å². The van der Waals surface area contributed by atoms with Crippen molar-refractivity contribution < 1.29 is 5.11 Å². The van der Waals surface area contributed by atoms with Gasteiger partial charge in [0.15, 0.2) is 0 Å². The molecule has 1 aliphatic carbocycles. The molecule has 84 valence electrons. The van der Waals surface area contributed by atoms with Crippen molar-refractivity contribution in [1.29, 1.82) is 0 Å². The third-order valence-corrected chi connectivity index (χ3v) is 4.48. The minimum atomic E-state index is -0.582. The Balaban J connectivity index is 2.22. The van der Waals surface area contributed by atoms with E-state index in [-0.39, 0.29) is 0 Å². The highest BCUT2D eigenvalue weighted by Crippen LogP contribution is 2.48. The van der Waals surface area contributed by atoms with E-state index in [0.717, 1.165) is 28.9 Å². The van der Waals surface area contributed by atoms with E-state index < -0.39 is 5.60 Å². The molecule has 1 N–H and O–H groups in total. The molecule has 1 heterocycles. The Morgan fingerprint density at radius 2 is 2.12 bits per heavy atom. The largest absolute Gasteiger partial charge is 0.385 e. The van der Waals surface area contributed by atoms with Crippen LogP contribution in [0.4, 0.5) is 0 Å². The molecule has 2 aromatic rings.